The average molecular weight is 409 g/mol. The lowest BCUT2D eigenvalue weighted by Gasteiger charge is -2.29. The van der Waals surface area contributed by atoms with Gasteiger partial charge >= 0.3 is 11.9 Å². The molecule has 3 heterocycles. The van der Waals surface area contributed by atoms with E-state index in [0.717, 1.165) is 5.71 Å². The predicted molar refractivity (Wildman–Crippen MR) is 114 cm³/mol. The summed E-state index contributed by atoms with van der Waals surface area (Å²) in [6.45, 7) is 7.72. The summed E-state index contributed by atoms with van der Waals surface area (Å²) in [5.41, 5.74) is 3.12. The lowest BCUT2D eigenvalue weighted by Crippen LogP contribution is -2.33. The highest BCUT2D eigenvalue weighted by molar-refractivity contribution is 5.99. The van der Waals surface area contributed by atoms with Crippen molar-refractivity contribution in [3.05, 3.63) is 64.8 Å². The van der Waals surface area contributed by atoms with Crippen LogP contribution in [-0.2, 0) is 19.1 Å². The van der Waals surface area contributed by atoms with Gasteiger partial charge in [-0.05, 0) is 45.9 Å². The Kier molecular flexibility index (Phi) is 6.20. The third-order valence-corrected chi connectivity index (χ3v) is 5.33. The van der Waals surface area contributed by atoms with Crippen LogP contribution < -0.4 is 5.32 Å². The number of carbonyl (C=O) groups excluding carboxylic acids is 2. The molecule has 0 aromatic carbocycles. The van der Waals surface area contributed by atoms with E-state index in [1.54, 1.807) is 32.2 Å². The van der Waals surface area contributed by atoms with Gasteiger partial charge in [0.2, 0.25) is 0 Å². The van der Waals surface area contributed by atoms with E-state index in [2.05, 4.69) is 15.3 Å². The number of nitrogens with zero attached hydrogens (tertiary/aromatic N) is 2. The third-order valence-electron chi connectivity index (χ3n) is 5.33. The first-order valence-corrected chi connectivity index (χ1v) is 9.86. The molecule has 0 radical (unpaired) electrons. The number of hydrogen-bond acceptors (Lipinski definition) is 7. The standard InChI is InChI=1S/C23H27N3O4/c1-14-9-10-23(4,26-14)11-13-30-22(28)19-16(3)25-15(2)18(21(27)29-5)20(19)17-8-6-7-12-24-17/h6-10,12,20,25H,11,13H2,1-5H3. The molecular weight excluding hydrogens is 382 g/mol. The van der Waals surface area contributed by atoms with Crippen molar-refractivity contribution in [1.29, 1.82) is 0 Å². The number of ether oxygens (including phenoxy) is 2. The molecule has 0 bridgehead atoms. The normalized spacial score (nSPS) is 23.2. The van der Waals surface area contributed by atoms with E-state index in [4.69, 9.17) is 9.47 Å². The zero-order chi connectivity index (χ0) is 21.9. The van der Waals surface area contributed by atoms with Crippen molar-refractivity contribution < 1.29 is 19.1 Å². The highest BCUT2D eigenvalue weighted by Crippen LogP contribution is 2.38. The van der Waals surface area contributed by atoms with Crippen molar-refractivity contribution >= 4 is 17.7 Å². The topological polar surface area (TPSA) is 89.9 Å². The predicted octanol–water partition coefficient (Wildman–Crippen LogP) is 3.21. The molecule has 2 aliphatic rings. The highest BCUT2D eigenvalue weighted by Gasteiger charge is 2.38. The second-order valence-electron chi connectivity index (χ2n) is 7.71. The number of hydrogen-bond donors (Lipinski definition) is 1. The fraction of sp³-hybridized carbons (Fsp3) is 0.391. The van der Waals surface area contributed by atoms with E-state index < -0.39 is 17.9 Å². The molecule has 0 spiro atoms. The molecule has 0 aliphatic carbocycles. The van der Waals surface area contributed by atoms with Crippen LogP contribution in [0.1, 0.15) is 45.7 Å². The molecule has 30 heavy (non-hydrogen) atoms. The number of aliphatic imine (C=N–C) groups is 1. The quantitative estimate of drug-likeness (QED) is 0.726. The van der Waals surface area contributed by atoms with Gasteiger partial charge < -0.3 is 14.8 Å². The monoisotopic (exact) mass is 409 g/mol. The molecule has 1 aromatic rings. The van der Waals surface area contributed by atoms with Crippen molar-refractivity contribution in [3.8, 4) is 0 Å². The Morgan fingerprint density at radius 1 is 1.13 bits per heavy atom. The molecule has 2 atom stereocenters. The van der Waals surface area contributed by atoms with Crippen LogP contribution in [0.25, 0.3) is 0 Å². The zero-order valence-corrected chi connectivity index (χ0v) is 18.0. The smallest absolute Gasteiger partial charge is 0.336 e. The first-order chi connectivity index (χ1) is 14.3. The molecule has 0 saturated heterocycles. The van der Waals surface area contributed by atoms with Gasteiger partial charge in [-0.25, -0.2) is 9.59 Å². The van der Waals surface area contributed by atoms with Gasteiger partial charge in [0.15, 0.2) is 0 Å². The number of methoxy groups -OCH3 is 1. The summed E-state index contributed by atoms with van der Waals surface area (Å²) in [6.07, 6.45) is 6.18. The number of esters is 2. The van der Waals surface area contributed by atoms with Gasteiger partial charge in [0.05, 0.1) is 42.0 Å². The Hall–Kier alpha value is -3.22. The summed E-state index contributed by atoms with van der Waals surface area (Å²) < 4.78 is 10.6. The van der Waals surface area contributed by atoms with Crippen LogP contribution in [0.2, 0.25) is 0 Å². The Balaban J connectivity index is 1.87. The van der Waals surface area contributed by atoms with E-state index in [9.17, 15) is 9.59 Å². The second kappa shape index (κ2) is 8.65. The lowest BCUT2D eigenvalue weighted by molar-refractivity contribution is -0.139. The Labute approximate surface area is 176 Å². The van der Waals surface area contributed by atoms with E-state index in [-0.39, 0.29) is 12.1 Å². The molecule has 1 aromatic heterocycles. The van der Waals surface area contributed by atoms with Gasteiger partial charge in [0, 0.05) is 29.7 Å². The van der Waals surface area contributed by atoms with Gasteiger partial charge in [-0.15, -0.1) is 0 Å². The molecule has 7 heteroatoms. The van der Waals surface area contributed by atoms with E-state index in [1.807, 2.05) is 32.1 Å². The van der Waals surface area contributed by atoms with Gasteiger partial charge in [0.1, 0.15) is 0 Å². The van der Waals surface area contributed by atoms with Crippen LogP contribution in [-0.4, -0.2) is 41.9 Å². The number of carbonyl (C=O) groups is 2. The summed E-state index contributed by atoms with van der Waals surface area (Å²) in [4.78, 5) is 34.6. The van der Waals surface area contributed by atoms with Crippen molar-refractivity contribution in [2.24, 2.45) is 4.99 Å². The summed E-state index contributed by atoms with van der Waals surface area (Å²) in [5, 5.41) is 3.12. The van der Waals surface area contributed by atoms with Crippen LogP contribution in [0.5, 0.6) is 0 Å². The molecular formula is C23H27N3O4. The zero-order valence-electron chi connectivity index (χ0n) is 18.0. The first kappa shape index (κ1) is 21.5. The minimum absolute atomic E-state index is 0.207. The number of rotatable bonds is 6. The van der Waals surface area contributed by atoms with Crippen molar-refractivity contribution in [3.63, 3.8) is 0 Å². The molecule has 0 fully saturated rings. The summed E-state index contributed by atoms with van der Waals surface area (Å²) >= 11 is 0. The van der Waals surface area contributed by atoms with Gasteiger partial charge in [-0.2, -0.15) is 0 Å². The minimum Gasteiger partial charge on any atom is -0.466 e. The van der Waals surface area contributed by atoms with Gasteiger partial charge in [-0.1, -0.05) is 12.1 Å². The third kappa shape index (κ3) is 4.35. The molecule has 7 nitrogen and oxygen atoms in total. The molecule has 0 saturated carbocycles. The maximum Gasteiger partial charge on any atom is 0.336 e. The molecule has 158 valence electrons. The van der Waals surface area contributed by atoms with Gasteiger partial charge in [-0.3, -0.25) is 9.98 Å². The summed E-state index contributed by atoms with van der Waals surface area (Å²) in [6, 6.07) is 5.39. The van der Waals surface area contributed by atoms with Crippen LogP contribution in [0.15, 0.2) is 64.1 Å². The Bertz CT molecular complexity index is 975. The summed E-state index contributed by atoms with van der Waals surface area (Å²) in [7, 11) is 1.32. The Morgan fingerprint density at radius 3 is 2.40 bits per heavy atom. The lowest BCUT2D eigenvalue weighted by atomic mass is 9.83. The maximum atomic E-state index is 13.1. The maximum absolute atomic E-state index is 13.1. The van der Waals surface area contributed by atoms with Crippen LogP contribution in [0.4, 0.5) is 0 Å². The van der Waals surface area contributed by atoms with Crippen LogP contribution in [0, 0.1) is 0 Å². The number of aromatic nitrogens is 1. The average Bonchev–Trinajstić information content (AvgIpc) is 3.06. The second-order valence-corrected chi connectivity index (χ2v) is 7.71. The molecule has 2 aliphatic heterocycles. The van der Waals surface area contributed by atoms with Crippen LogP contribution in [0.3, 0.4) is 0 Å². The van der Waals surface area contributed by atoms with E-state index >= 15 is 0 Å². The molecule has 1 N–H and O–H groups in total. The Morgan fingerprint density at radius 2 is 1.83 bits per heavy atom. The van der Waals surface area contributed by atoms with Crippen molar-refractivity contribution in [2.75, 3.05) is 13.7 Å². The minimum atomic E-state index is -0.672. The summed E-state index contributed by atoms with van der Waals surface area (Å²) in [5.74, 6) is -1.67. The van der Waals surface area contributed by atoms with Crippen molar-refractivity contribution in [2.45, 2.75) is 45.6 Å². The molecule has 3 rings (SSSR count). The first-order valence-electron chi connectivity index (χ1n) is 9.86. The molecule has 0 amide bonds. The van der Waals surface area contributed by atoms with Crippen LogP contribution >= 0.6 is 0 Å². The fourth-order valence-electron chi connectivity index (χ4n) is 3.83. The fourth-order valence-corrected chi connectivity index (χ4v) is 3.83. The van der Waals surface area contributed by atoms with E-state index in [0.29, 0.717) is 34.7 Å². The number of dihydropyridines is 1. The van der Waals surface area contributed by atoms with Crippen molar-refractivity contribution in [1.82, 2.24) is 10.3 Å². The highest BCUT2D eigenvalue weighted by atomic mass is 16.5. The number of allylic oxidation sites excluding steroid dienone is 3. The molecule has 2 unspecified atom stereocenters. The largest absolute Gasteiger partial charge is 0.466 e. The SMILES string of the molecule is COC(=O)C1=C(C)NC(C)=C(C(=O)OCCC2(C)C=CC(C)=N2)C1c1ccccn1. The number of pyridine rings is 1. The number of nitrogens with one attached hydrogen (secondary N) is 1. The van der Waals surface area contributed by atoms with E-state index in [1.165, 1.54) is 7.11 Å². The van der Waals surface area contributed by atoms with Gasteiger partial charge in [0.25, 0.3) is 0 Å².